The molecule has 0 fully saturated rings. The second-order valence-corrected chi connectivity index (χ2v) is 4.73. The second kappa shape index (κ2) is 6.13. The molecular weight excluding hydrogens is 246 g/mol. The first-order valence-corrected chi connectivity index (χ1v) is 5.64. The van der Waals surface area contributed by atoms with Crippen molar-refractivity contribution in [3.63, 3.8) is 0 Å². The second-order valence-electron chi connectivity index (χ2n) is 4.73. The lowest BCUT2D eigenvalue weighted by molar-refractivity contribution is -0.239. The molecule has 1 unspecified atom stereocenters. The third kappa shape index (κ3) is 5.00. The van der Waals surface area contributed by atoms with E-state index in [9.17, 15) is 13.6 Å². The summed E-state index contributed by atoms with van der Waals surface area (Å²) in [5.41, 5.74) is -0.669. The average Bonchev–Trinajstić information content (AvgIpc) is 2.26. The average molecular weight is 266 g/mol. The van der Waals surface area contributed by atoms with E-state index >= 15 is 0 Å². The van der Waals surface area contributed by atoms with Gasteiger partial charge in [-0.05, 0) is 27.2 Å². The zero-order chi connectivity index (χ0) is 14.6. The summed E-state index contributed by atoms with van der Waals surface area (Å²) in [4.78, 5) is 11.6. The summed E-state index contributed by atoms with van der Waals surface area (Å²) in [6.45, 7) is 8.82. The monoisotopic (exact) mass is 266 g/mol. The Morgan fingerprint density at radius 1 is 1.44 bits per heavy atom. The predicted octanol–water partition coefficient (Wildman–Crippen LogP) is 3.04. The fraction of sp³-hybridized carbons (Fsp3) is 0.750. The van der Waals surface area contributed by atoms with Crippen molar-refractivity contribution in [2.45, 2.75) is 46.3 Å². The molecule has 18 heavy (non-hydrogen) atoms. The van der Waals surface area contributed by atoms with Crippen LogP contribution in [0.25, 0.3) is 0 Å². The van der Waals surface area contributed by atoms with Gasteiger partial charge in [0.05, 0.1) is 12.0 Å². The lowest BCUT2D eigenvalue weighted by Crippen LogP contribution is -2.33. The summed E-state index contributed by atoms with van der Waals surface area (Å²) < 4.78 is 34.8. The Labute approximate surface area is 106 Å². The van der Waals surface area contributed by atoms with Gasteiger partial charge in [0.1, 0.15) is 6.10 Å². The molecule has 1 N–H and O–H groups in total. The van der Waals surface area contributed by atoms with Crippen LogP contribution in [0.15, 0.2) is 12.3 Å². The first kappa shape index (κ1) is 16.8. The largest absolute Gasteiger partial charge is 0.505 e. The van der Waals surface area contributed by atoms with Gasteiger partial charge < -0.3 is 14.6 Å². The van der Waals surface area contributed by atoms with E-state index < -0.39 is 36.0 Å². The highest BCUT2D eigenvalue weighted by Crippen LogP contribution is 2.24. The van der Waals surface area contributed by atoms with Crippen molar-refractivity contribution >= 4 is 5.97 Å². The lowest BCUT2D eigenvalue weighted by atomic mass is 9.91. The van der Waals surface area contributed by atoms with Crippen LogP contribution in [0.3, 0.4) is 0 Å². The number of aliphatic hydroxyl groups excluding tert-OH is 1. The van der Waals surface area contributed by atoms with Gasteiger partial charge in [-0.25, -0.2) is 0 Å². The van der Waals surface area contributed by atoms with E-state index in [-0.39, 0.29) is 0 Å². The van der Waals surface area contributed by atoms with Gasteiger partial charge in [-0.15, -0.1) is 0 Å². The minimum absolute atomic E-state index is 0.479. The molecule has 0 aliphatic heterocycles. The topological polar surface area (TPSA) is 55.8 Å². The van der Waals surface area contributed by atoms with Gasteiger partial charge in [0.25, 0.3) is 0 Å². The molecule has 0 aromatic rings. The smallest absolute Gasteiger partial charge is 0.414 e. The zero-order valence-corrected chi connectivity index (χ0v) is 11.1. The fourth-order valence-corrected chi connectivity index (χ4v) is 0.826. The summed E-state index contributed by atoms with van der Waals surface area (Å²) in [5.74, 6) is -1.86. The maximum Gasteiger partial charge on any atom is 0.414 e. The number of hydrogen-bond acceptors (Lipinski definition) is 4. The number of carbonyl (C=O) groups is 1. The van der Waals surface area contributed by atoms with Crippen molar-refractivity contribution in [3.05, 3.63) is 12.3 Å². The highest BCUT2D eigenvalue weighted by molar-refractivity contribution is 5.75. The van der Waals surface area contributed by atoms with Gasteiger partial charge in [-0.3, -0.25) is 4.79 Å². The summed E-state index contributed by atoms with van der Waals surface area (Å²) >= 11 is 0. The van der Waals surface area contributed by atoms with Crippen LogP contribution in [-0.4, -0.2) is 29.9 Å². The Balaban J connectivity index is 4.26. The van der Waals surface area contributed by atoms with Crippen molar-refractivity contribution in [2.24, 2.45) is 5.41 Å². The van der Waals surface area contributed by atoms with Crippen LogP contribution in [0.4, 0.5) is 8.78 Å². The standard InChI is InChI=1S/C12H20F2O4/c1-6-11(4,5)10(16)18-8(2)7-17-12(13,14)9(3)15/h8,15H,3,6-7H2,1-2,4-5H3. The third-order valence-corrected chi connectivity index (χ3v) is 2.58. The van der Waals surface area contributed by atoms with Crippen molar-refractivity contribution in [1.29, 1.82) is 0 Å². The predicted molar refractivity (Wildman–Crippen MR) is 62.3 cm³/mol. The van der Waals surface area contributed by atoms with Crippen LogP contribution in [0.2, 0.25) is 0 Å². The van der Waals surface area contributed by atoms with Crippen molar-refractivity contribution < 1.29 is 28.2 Å². The molecule has 106 valence electrons. The molecule has 0 bridgehead atoms. The van der Waals surface area contributed by atoms with E-state index in [1.54, 1.807) is 13.8 Å². The SMILES string of the molecule is C=C(O)C(F)(F)OCC(C)OC(=O)C(C)(C)CC. The van der Waals surface area contributed by atoms with Gasteiger partial charge >= 0.3 is 12.1 Å². The van der Waals surface area contributed by atoms with E-state index in [1.807, 2.05) is 6.92 Å². The molecule has 0 saturated heterocycles. The molecule has 0 aromatic carbocycles. The van der Waals surface area contributed by atoms with Crippen molar-refractivity contribution in [1.82, 2.24) is 0 Å². The summed E-state index contributed by atoms with van der Waals surface area (Å²) in [6.07, 6.45) is -4.10. The van der Waals surface area contributed by atoms with Crippen LogP contribution in [0.1, 0.15) is 34.1 Å². The maximum atomic E-state index is 12.8. The normalized spacial score (nSPS) is 14.1. The Morgan fingerprint density at radius 2 is 1.94 bits per heavy atom. The van der Waals surface area contributed by atoms with Gasteiger partial charge in [0, 0.05) is 0 Å². The molecule has 0 amide bonds. The molecule has 4 nitrogen and oxygen atoms in total. The minimum Gasteiger partial charge on any atom is -0.505 e. The van der Waals surface area contributed by atoms with Crippen LogP contribution in [0.5, 0.6) is 0 Å². The maximum absolute atomic E-state index is 12.8. The molecule has 0 saturated carbocycles. The zero-order valence-electron chi connectivity index (χ0n) is 11.1. The van der Waals surface area contributed by atoms with E-state index in [0.717, 1.165) is 0 Å². The highest BCUT2D eigenvalue weighted by Gasteiger charge is 2.36. The molecule has 0 rings (SSSR count). The lowest BCUT2D eigenvalue weighted by Gasteiger charge is -2.24. The molecule has 0 heterocycles. The van der Waals surface area contributed by atoms with Gasteiger partial charge in [-0.1, -0.05) is 13.5 Å². The number of ether oxygens (including phenoxy) is 2. The highest BCUT2D eigenvalue weighted by atomic mass is 19.3. The fourth-order valence-electron chi connectivity index (χ4n) is 0.826. The third-order valence-electron chi connectivity index (χ3n) is 2.58. The summed E-state index contributed by atoms with van der Waals surface area (Å²) in [7, 11) is 0. The first-order chi connectivity index (χ1) is 8.03. The Morgan fingerprint density at radius 3 is 2.33 bits per heavy atom. The number of alkyl halides is 2. The molecule has 0 aromatic heterocycles. The number of carbonyl (C=O) groups excluding carboxylic acids is 1. The molecular formula is C12H20F2O4. The van der Waals surface area contributed by atoms with E-state index in [2.05, 4.69) is 11.3 Å². The van der Waals surface area contributed by atoms with Crippen LogP contribution < -0.4 is 0 Å². The van der Waals surface area contributed by atoms with Crippen molar-refractivity contribution in [3.8, 4) is 0 Å². The minimum atomic E-state index is -3.83. The quantitative estimate of drug-likeness (QED) is 0.568. The van der Waals surface area contributed by atoms with Crippen LogP contribution in [-0.2, 0) is 14.3 Å². The Hall–Kier alpha value is -1.17. The van der Waals surface area contributed by atoms with E-state index in [1.165, 1.54) is 6.92 Å². The number of aliphatic hydroxyl groups is 1. The molecule has 1 atom stereocenters. The number of esters is 1. The summed E-state index contributed by atoms with van der Waals surface area (Å²) in [6, 6.07) is 0. The number of hydrogen-bond donors (Lipinski definition) is 1. The van der Waals surface area contributed by atoms with E-state index in [0.29, 0.717) is 6.42 Å². The van der Waals surface area contributed by atoms with Gasteiger partial charge in [0.2, 0.25) is 0 Å². The molecule has 0 aliphatic carbocycles. The molecule has 0 spiro atoms. The Bertz CT molecular complexity index is 313. The number of halogens is 2. The molecule has 0 radical (unpaired) electrons. The van der Waals surface area contributed by atoms with E-state index in [4.69, 9.17) is 9.84 Å². The first-order valence-electron chi connectivity index (χ1n) is 5.64. The van der Waals surface area contributed by atoms with Gasteiger partial charge in [0.15, 0.2) is 5.76 Å². The summed E-state index contributed by atoms with van der Waals surface area (Å²) in [5, 5.41) is 8.57. The molecule has 0 aliphatic rings. The molecule has 6 heteroatoms. The Kier molecular flexibility index (Phi) is 5.73. The van der Waals surface area contributed by atoms with Crippen LogP contribution >= 0.6 is 0 Å². The van der Waals surface area contributed by atoms with Crippen molar-refractivity contribution in [2.75, 3.05) is 6.61 Å². The van der Waals surface area contributed by atoms with Gasteiger partial charge in [-0.2, -0.15) is 8.78 Å². The van der Waals surface area contributed by atoms with Crippen LogP contribution in [0, 0.1) is 5.41 Å². The number of rotatable bonds is 7.